The monoisotopic (exact) mass is 941 g/mol. The molecular weight excluding hydrogens is 881 g/mol. The van der Waals surface area contributed by atoms with Crippen LogP contribution in [0, 0.1) is 17.2 Å². The quantitative estimate of drug-likeness (QED) is 0.0831. The van der Waals surface area contributed by atoms with Gasteiger partial charge in [0.05, 0.1) is 22.1 Å². The summed E-state index contributed by atoms with van der Waals surface area (Å²) in [6.45, 7) is 6.44. The minimum absolute atomic E-state index is 0.0374. The summed E-state index contributed by atoms with van der Waals surface area (Å²) in [6.07, 6.45) is 11.1. The molecule has 3 aliphatic heterocycles. The van der Waals surface area contributed by atoms with Gasteiger partial charge in [-0.05, 0) is 149 Å². The van der Waals surface area contributed by atoms with Crippen LogP contribution < -0.4 is 27.0 Å². The first kappa shape index (κ1) is 46.5. The van der Waals surface area contributed by atoms with E-state index in [1.54, 1.807) is 35.9 Å². The Morgan fingerprint density at radius 2 is 1.65 bits per heavy atom. The van der Waals surface area contributed by atoms with Crippen molar-refractivity contribution in [1.82, 2.24) is 30.0 Å². The van der Waals surface area contributed by atoms with Crippen molar-refractivity contribution in [3.63, 3.8) is 0 Å². The van der Waals surface area contributed by atoms with Gasteiger partial charge in [0, 0.05) is 48.2 Å². The van der Waals surface area contributed by atoms with Crippen LogP contribution in [-0.4, -0.2) is 75.4 Å². The number of hydrogen-bond donors (Lipinski definition) is 4. The Morgan fingerprint density at radius 1 is 0.894 bits per heavy atom. The zero-order valence-electron chi connectivity index (χ0n) is 38.4. The van der Waals surface area contributed by atoms with Crippen LogP contribution in [0.25, 0.3) is 11.0 Å². The molecule has 5 aliphatic rings. The lowest BCUT2D eigenvalue weighted by molar-refractivity contribution is -0.136. The highest BCUT2D eigenvalue weighted by atomic mass is 35.5. The molecule has 4 heterocycles. The fourth-order valence-electron chi connectivity index (χ4n) is 12.4. The summed E-state index contributed by atoms with van der Waals surface area (Å²) in [4.78, 5) is 69.5. The van der Waals surface area contributed by atoms with Crippen LogP contribution in [0.1, 0.15) is 126 Å². The Labute approximate surface area is 395 Å². The molecule has 1 aromatic heterocycles. The van der Waals surface area contributed by atoms with Crippen molar-refractivity contribution >= 4 is 63.6 Å². The molecule has 0 bridgehead atoms. The second-order valence-corrected chi connectivity index (χ2v) is 21.6. The Hall–Kier alpha value is -4.56. The van der Waals surface area contributed by atoms with E-state index in [0.29, 0.717) is 41.4 Å². The summed E-state index contributed by atoms with van der Waals surface area (Å²) in [7, 11) is 3.90. The Balaban J connectivity index is 0.808. The van der Waals surface area contributed by atoms with E-state index in [1.807, 2.05) is 24.3 Å². The number of rotatable bonds is 12. The Kier molecular flexibility index (Phi) is 12.8. The zero-order chi connectivity index (χ0) is 46.7. The van der Waals surface area contributed by atoms with Crippen molar-refractivity contribution < 1.29 is 23.6 Å². The van der Waals surface area contributed by atoms with Crippen LogP contribution in [0.2, 0.25) is 10.0 Å². The highest BCUT2D eigenvalue weighted by Gasteiger charge is 2.73. The lowest BCUT2D eigenvalue weighted by atomic mass is 9.53. The van der Waals surface area contributed by atoms with E-state index in [2.05, 4.69) is 47.1 Å². The molecule has 66 heavy (non-hydrogen) atoms. The third-order valence-electron chi connectivity index (χ3n) is 16.0. The minimum atomic E-state index is -1.29. The maximum Gasteiger partial charge on any atom is 0.329 e. The van der Waals surface area contributed by atoms with E-state index in [1.165, 1.54) is 10.6 Å². The third kappa shape index (κ3) is 8.29. The number of carbonyl (C=O) groups excluding carboxylic acids is 4. The molecule has 2 spiro atoms. The fraction of sp³-hybridized carbons (Fsp3) is 0.549. The molecule has 352 valence electrons. The molecule has 2 saturated carbocycles. The first-order chi connectivity index (χ1) is 31.5. The number of imide groups is 1. The number of aromatic nitrogens is 2. The number of nitrogens with one attached hydrogen (secondary N) is 4. The molecule has 4 N–H and O–H groups in total. The summed E-state index contributed by atoms with van der Waals surface area (Å²) in [6, 6.07) is 14.7. The Morgan fingerprint density at radius 3 is 2.39 bits per heavy atom. The second kappa shape index (κ2) is 18.2. The predicted molar refractivity (Wildman–Crippen MR) is 255 cm³/mol. The van der Waals surface area contributed by atoms with E-state index >= 15 is 4.39 Å². The number of fused-ring (bicyclic) bond motifs is 4. The van der Waals surface area contributed by atoms with Crippen molar-refractivity contribution in [3.05, 3.63) is 97.6 Å². The van der Waals surface area contributed by atoms with E-state index in [-0.39, 0.29) is 51.9 Å². The highest BCUT2D eigenvalue weighted by molar-refractivity contribution is 6.31. The van der Waals surface area contributed by atoms with Crippen LogP contribution in [0.15, 0.2) is 59.4 Å². The molecule has 4 fully saturated rings. The number of anilines is 1. The number of halogens is 3. The normalized spacial score (nSPS) is 26.8. The molecule has 1 unspecified atom stereocenters. The van der Waals surface area contributed by atoms with E-state index < -0.39 is 40.7 Å². The molecular formula is C51H62Cl2FN7O5. The van der Waals surface area contributed by atoms with E-state index in [0.717, 1.165) is 93.9 Å². The molecule has 2 aliphatic carbocycles. The van der Waals surface area contributed by atoms with Crippen LogP contribution in [-0.2, 0) is 38.1 Å². The van der Waals surface area contributed by atoms with Crippen LogP contribution in [0.3, 0.4) is 0 Å². The first-order valence-corrected chi connectivity index (χ1v) is 24.6. The third-order valence-corrected chi connectivity index (χ3v) is 16.5. The van der Waals surface area contributed by atoms with Gasteiger partial charge in [0.2, 0.25) is 23.6 Å². The maximum absolute atomic E-state index is 16.4. The molecule has 4 amide bonds. The topological polar surface area (TPSA) is 147 Å². The smallest absolute Gasteiger partial charge is 0.329 e. The maximum atomic E-state index is 16.4. The van der Waals surface area contributed by atoms with Gasteiger partial charge in [-0.3, -0.25) is 38.9 Å². The highest BCUT2D eigenvalue weighted by Crippen LogP contribution is 2.64. The van der Waals surface area contributed by atoms with Crippen molar-refractivity contribution in [1.29, 1.82) is 0 Å². The van der Waals surface area contributed by atoms with Crippen LogP contribution in [0.4, 0.5) is 10.1 Å². The minimum Gasteiger partial charge on any atom is -0.352 e. The number of piperidine rings is 1. The zero-order valence-corrected chi connectivity index (χ0v) is 39.9. The summed E-state index contributed by atoms with van der Waals surface area (Å²) in [5, 5.41) is 13.1. The standard InChI is InChI=1S/C51H62Cl2FN7O5/c1-49(2)22-24-50(25-23-49)51(35-18-15-32(52)28-37(35)56-47(51)65)42(34-10-8-11-36(53)43(34)54)44(58-50)46(64)55-33-16-12-31(13-17-33)29-59(3)26-7-5-6-9-30-14-19-38-40(27-30)60(4)48(66)61(38)39-20-21-41(62)57-45(39)63/h8,10-11,14-15,18-19,27-28,31,33,39,42,44,58H,5-7,9,12-13,16-17,20-26,29H2,1-4H3,(H,55,64)(H,56,65)(H,57,62,63)/t31?,33?,39?,42-,44+,51+/m0/s1. The summed E-state index contributed by atoms with van der Waals surface area (Å²) < 4.78 is 19.5. The number of hydrogen-bond acceptors (Lipinski definition) is 7. The van der Waals surface area contributed by atoms with Crippen molar-refractivity contribution in [2.75, 3.05) is 25.5 Å². The molecule has 15 heteroatoms. The fourth-order valence-corrected chi connectivity index (χ4v) is 12.8. The molecule has 2 saturated heterocycles. The predicted octanol–water partition coefficient (Wildman–Crippen LogP) is 8.07. The lowest BCUT2D eigenvalue weighted by Gasteiger charge is -2.50. The lowest BCUT2D eigenvalue weighted by Crippen LogP contribution is -2.61. The van der Waals surface area contributed by atoms with Gasteiger partial charge >= 0.3 is 5.69 Å². The number of benzene rings is 3. The first-order valence-electron chi connectivity index (χ1n) is 23.9. The number of imidazole rings is 1. The summed E-state index contributed by atoms with van der Waals surface area (Å²) in [5.41, 5.74) is 1.90. The molecule has 4 aromatic rings. The average Bonchev–Trinajstić information content (AvgIpc) is 3.84. The molecule has 4 atom stereocenters. The van der Waals surface area contributed by atoms with Crippen molar-refractivity contribution in [3.8, 4) is 0 Å². The summed E-state index contributed by atoms with van der Waals surface area (Å²) in [5.74, 6) is -2.17. The van der Waals surface area contributed by atoms with Gasteiger partial charge in [0.15, 0.2) is 0 Å². The van der Waals surface area contributed by atoms with Gasteiger partial charge in [0.1, 0.15) is 17.3 Å². The van der Waals surface area contributed by atoms with Gasteiger partial charge in [-0.15, -0.1) is 0 Å². The number of carbonyl (C=O) groups is 4. The van der Waals surface area contributed by atoms with Crippen LogP contribution >= 0.6 is 23.2 Å². The van der Waals surface area contributed by atoms with Crippen molar-refractivity contribution in [2.24, 2.45) is 18.4 Å². The average molecular weight is 943 g/mol. The molecule has 0 radical (unpaired) electrons. The molecule has 9 rings (SSSR count). The van der Waals surface area contributed by atoms with Gasteiger partial charge in [-0.25, -0.2) is 9.18 Å². The SMILES string of the molecule is CN(CCCCCc1ccc2c(c1)n(C)c(=O)n2C1CCC(=O)NC1=O)CC1CCC(NC(=O)[C@@H]2NC3(CCC(C)(C)CC3)[C@@]3(C(=O)Nc4cc(Cl)ccc43)[C@H]2c2cccc(Cl)c2F)CC1. The largest absolute Gasteiger partial charge is 0.352 e. The van der Waals surface area contributed by atoms with E-state index in [4.69, 9.17) is 23.2 Å². The van der Waals surface area contributed by atoms with Gasteiger partial charge in [-0.2, -0.15) is 0 Å². The van der Waals surface area contributed by atoms with Crippen molar-refractivity contribution in [2.45, 2.75) is 139 Å². The van der Waals surface area contributed by atoms with Gasteiger partial charge in [0.25, 0.3) is 0 Å². The number of amides is 4. The molecule has 3 aromatic carbocycles. The summed E-state index contributed by atoms with van der Waals surface area (Å²) >= 11 is 12.9. The second-order valence-electron chi connectivity index (χ2n) is 20.7. The van der Waals surface area contributed by atoms with E-state index in [9.17, 15) is 24.0 Å². The number of unbranched alkanes of at least 4 members (excludes halogenated alkanes) is 2. The number of nitrogens with zero attached hydrogens (tertiary/aromatic N) is 3. The van der Waals surface area contributed by atoms with Gasteiger partial charge < -0.3 is 15.5 Å². The Bertz CT molecular complexity index is 2630. The number of aryl methyl sites for hydroxylation is 2. The molecule has 12 nitrogen and oxygen atoms in total. The van der Waals surface area contributed by atoms with Crippen LogP contribution in [0.5, 0.6) is 0 Å². The van der Waals surface area contributed by atoms with Gasteiger partial charge in [-0.1, -0.05) is 67.7 Å².